The van der Waals surface area contributed by atoms with Crippen LogP contribution in [-0.4, -0.2) is 59.5 Å². The zero-order chi connectivity index (χ0) is 27.1. The van der Waals surface area contributed by atoms with Crippen molar-refractivity contribution in [1.82, 2.24) is 9.97 Å². The average molecular weight is 511 g/mol. The summed E-state index contributed by atoms with van der Waals surface area (Å²) in [7, 11) is 0. The number of carbonyl (C=O) groups excluding carboxylic acids is 2. The van der Waals surface area contributed by atoms with Crippen molar-refractivity contribution in [3.63, 3.8) is 0 Å². The summed E-state index contributed by atoms with van der Waals surface area (Å²) in [5.74, 6) is -0.911. The lowest BCUT2D eigenvalue weighted by atomic mass is 10.0. The summed E-state index contributed by atoms with van der Waals surface area (Å²) in [6.45, 7) is 13.3. The van der Waals surface area contributed by atoms with Crippen molar-refractivity contribution < 1.29 is 28.5 Å². The van der Waals surface area contributed by atoms with Gasteiger partial charge in [-0.25, -0.2) is 9.59 Å². The summed E-state index contributed by atoms with van der Waals surface area (Å²) in [4.78, 5) is 33.9. The number of rotatable bonds is 13. The summed E-state index contributed by atoms with van der Waals surface area (Å²) < 4.78 is 22.3. The van der Waals surface area contributed by atoms with Crippen molar-refractivity contribution in [3.8, 4) is 0 Å². The fourth-order valence-electron chi connectivity index (χ4n) is 3.61. The lowest BCUT2D eigenvalue weighted by Crippen LogP contribution is -2.28. The molecule has 200 valence electrons. The van der Waals surface area contributed by atoms with Gasteiger partial charge in [-0.1, -0.05) is 32.9 Å². The lowest BCUT2D eigenvalue weighted by molar-refractivity contribution is -0.0546. The van der Waals surface area contributed by atoms with Crippen LogP contribution >= 0.6 is 0 Å². The van der Waals surface area contributed by atoms with Crippen LogP contribution < -0.4 is 0 Å². The zero-order valence-electron chi connectivity index (χ0n) is 22.8. The minimum Gasteiger partial charge on any atom is -0.460 e. The van der Waals surface area contributed by atoms with E-state index >= 15 is 0 Å². The Balaban J connectivity index is 1.64. The van der Waals surface area contributed by atoms with Crippen LogP contribution in [0.2, 0.25) is 0 Å². The summed E-state index contributed by atoms with van der Waals surface area (Å²) >= 11 is 0. The molecule has 0 aliphatic carbocycles. The Hall–Kier alpha value is -3.10. The number of hydrogen-bond acceptors (Lipinski definition) is 8. The number of hydrogen-bond donors (Lipinski definition) is 0. The second-order valence-electron chi connectivity index (χ2n) is 9.90. The molecular weight excluding hydrogens is 472 g/mol. The highest BCUT2D eigenvalue weighted by molar-refractivity contribution is 6.06. The van der Waals surface area contributed by atoms with Crippen LogP contribution in [0, 0.1) is 0 Å². The molecule has 0 bridgehead atoms. The van der Waals surface area contributed by atoms with E-state index in [1.54, 1.807) is 12.1 Å². The molecule has 2 aromatic heterocycles. The van der Waals surface area contributed by atoms with E-state index in [2.05, 4.69) is 30.7 Å². The van der Waals surface area contributed by atoms with Gasteiger partial charge in [-0.3, -0.25) is 9.97 Å². The Labute approximate surface area is 218 Å². The molecule has 0 saturated heterocycles. The summed E-state index contributed by atoms with van der Waals surface area (Å²) in [5.41, 5.74) is 1.52. The Morgan fingerprint density at radius 1 is 0.703 bits per heavy atom. The molecule has 0 fully saturated rings. The van der Waals surface area contributed by atoms with Crippen LogP contribution in [0.3, 0.4) is 0 Å². The second-order valence-corrected chi connectivity index (χ2v) is 9.90. The zero-order valence-corrected chi connectivity index (χ0v) is 22.8. The highest BCUT2D eigenvalue weighted by Gasteiger charge is 2.20. The van der Waals surface area contributed by atoms with Crippen molar-refractivity contribution in [1.29, 1.82) is 0 Å². The van der Waals surface area contributed by atoms with Crippen molar-refractivity contribution in [3.05, 3.63) is 47.8 Å². The minimum atomic E-state index is -0.458. The highest BCUT2D eigenvalue weighted by Crippen LogP contribution is 2.24. The van der Waals surface area contributed by atoms with Gasteiger partial charge in [0.2, 0.25) is 0 Å². The van der Waals surface area contributed by atoms with E-state index < -0.39 is 11.9 Å². The summed E-state index contributed by atoms with van der Waals surface area (Å²) in [6, 6.07) is 7.14. The lowest BCUT2D eigenvalue weighted by Gasteiger charge is -2.27. The third kappa shape index (κ3) is 7.46. The first-order chi connectivity index (χ1) is 17.6. The van der Waals surface area contributed by atoms with Gasteiger partial charge in [0, 0.05) is 23.2 Å². The second kappa shape index (κ2) is 12.4. The van der Waals surface area contributed by atoms with E-state index in [0.29, 0.717) is 35.4 Å². The molecule has 0 amide bonds. The standard InChI is InChI=1S/C29H38N2O6/c1-7-28(4,5)36-14-12-34-26(32)22-16-20-10-11-21-17-23(19-31-25(21)24(20)30-18-22)27(33)35-13-15-37-29(6,8-2)9-3/h10-11,16-19H,7-9,12-15H2,1-6H3. The predicted molar refractivity (Wildman–Crippen MR) is 143 cm³/mol. The quantitative estimate of drug-likeness (QED) is 0.159. The molecule has 8 heteroatoms. The first kappa shape index (κ1) is 28.5. The van der Waals surface area contributed by atoms with Crippen molar-refractivity contribution >= 4 is 33.7 Å². The molecule has 0 saturated carbocycles. The van der Waals surface area contributed by atoms with Gasteiger partial charge in [-0.2, -0.15) is 0 Å². The molecule has 0 N–H and O–H groups in total. The first-order valence-corrected chi connectivity index (χ1v) is 12.9. The molecule has 0 spiro atoms. The molecule has 2 heterocycles. The van der Waals surface area contributed by atoms with Gasteiger partial charge in [0.25, 0.3) is 0 Å². The number of esters is 2. The van der Waals surface area contributed by atoms with E-state index in [4.69, 9.17) is 18.9 Å². The fraction of sp³-hybridized carbons (Fsp3) is 0.517. The molecule has 0 aliphatic heterocycles. The number of ether oxygens (including phenoxy) is 4. The maximum Gasteiger partial charge on any atom is 0.339 e. The normalized spacial score (nSPS) is 12.2. The Bertz CT molecular complexity index is 1240. The van der Waals surface area contributed by atoms with Gasteiger partial charge in [0.15, 0.2) is 0 Å². The first-order valence-electron chi connectivity index (χ1n) is 12.9. The van der Waals surface area contributed by atoms with E-state index in [0.717, 1.165) is 30.0 Å². The third-order valence-electron chi connectivity index (χ3n) is 6.90. The molecule has 3 aromatic rings. The topological polar surface area (TPSA) is 96.8 Å². The van der Waals surface area contributed by atoms with Gasteiger partial charge >= 0.3 is 11.9 Å². The van der Waals surface area contributed by atoms with Gasteiger partial charge < -0.3 is 18.9 Å². The van der Waals surface area contributed by atoms with Gasteiger partial charge in [0.1, 0.15) is 13.2 Å². The van der Waals surface area contributed by atoms with Crippen LogP contribution in [-0.2, 0) is 18.9 Å². The number of nitrogens with zero attached hydrogens (tertiary/aromatic N) is 2. The largest absolute Gasteiger partial charge is 0.460 e. The number of aromatic nitrogens is 2. The number of carbonyl (C=O) groups is 2. The molecule has 3 rings (SSSR count). The molecule has 1 aromatic carbocycles. The van der Waals surface area contributed by atoms with Crippen LogP contribution in [0.25, 0.3) is 21.8 Å². The maximum absolute atomic E-state index is 12.5. The van der Waals surface area contributed by atoms with Crippen LogP contribution in [0.5, 0.6) is 0 Å². The molecule has 0 aliphatic rings. The Kier molecular flexibility index (Phi) is 9.56. The predicted octanol–water partition coefficient (Wildman–Crippen LogP) is 5.90. The molecular formula is C29H38N2O6. The average Bonchev–Trinajstić information content (AvgIpc) is 2.92. The van der Waals surface area contributed by atoms with E-state index in [-0.39, 0.29) is 24.4 Å². The summed E-state index contributed by atoms with van der Waals surface area (Å²) in [5, 5.41) is 1.50. The molecule has 8 nitrogen and oxygen atoms in total. The van der Waals surface area contributed by atoms with Gasteiger partial charge in [-0.05, 0) is 52.2 Å². The van der Waals surface area contributed by atoms with E-state index in [1.807, 2.05) is 32.9 Å². The molecule has 0 atom stereocenters. The Morgan fingerprint density at radius 3 is 1.59 bits per heavy atom. The van der Waals surface area contributed by atoms with Crippen LogP contribution in [0.15, 0.2) is 36.7 Å². The van der Waals surface area contributed by atoms with Crippen molar-refractivity contribution in [2.45, 2.75) is 72.0 Å². The van der Waals surface area contributed by atoms with E-state index in [1.165, 1.54) is 12.4 Å². The van der Waals surface area contributed by atoms with Gasteiger partial charge in [0.05, 0.1) is 46.6 Å². The SMILES string of the molecule is CCC(C)(C)OCCOC(=O)c1cnc2c(ccc3cc(C(=O)OCCOC(C)(CC)CC)cnc32)c1. The molecule has 37 heavy (non-hydrogen) atoms. The van der Waals surface area contributed by atoms with Crippen LogP contribution in [0.1, 0.15) is 81.5 Å². The smallest absolute Gasteiger partial charge is 0.339 e. The summed E-state index contributed by atoms with van der Waals surface area (Å²) in [6.07, 6.45) is 5.61. The number of fused-ring (bicyclic) bond motifs is 3. The monoisotopic (exact) mass is 510 g/mol. The molecule has 0 radical (unpaired) electrons. The fourth-order valence-corrected chi connectivity index (χ4v) is 3.61. The number of benzene rings is 1. The van der Waals surface area contributed by atoms with Gasteiger partial charge in [-0.15, -0.1) is 0 Å². The minimum absolute atomic E-state index is 0.168. The Morgan fingerprint density at radius 2 is 1.16 bits per heavy atom. The van der Waals surface area contributed by atoms with Crippen molar-refractivity contribution in [2.24, 2.45) is 0 Å². The third-order valence-corrected chi connectivity index (χ3v) is 6.90. The maximum atomic E-state index is 12.5. The highest BCUT2D eigenvalue weighted by atomic mass is 16.6. The van der Waals surface area contributed by atoms with Crippen molar-refractivity contribution in [2.75, 3.05) is 26.4 Å². The van der Waals surface area contributed by atoms with E-state index in [9.17, 15) is 9.59 Å². The molecule has 0 unspecified atom stereocenters. The number of pyridine rings is 2. The van der Waals surface area contributed by atoms with Crippen LogP contribution in [0.4, 0.5) is 0 Å².